The average molecular weight is 433 g/mol. The van der Waals surface area contributed by atoms with Gasteiger partial charge in [-0.1, -0.05) is 12.1 Å². The molecule has 0 aliphatic heterocycles. The van der Waals surface area contributed by atoms with Crippen molar-refractivity contribution < 1.29 is 22.7 Å². The number of hydrogen-bond donors (Lipinski definition) is 1. The van der Waals surface area contributed by atoms with E-state index in [0.717, 1.165) is 11.1 Å². The number of hydrogen-bond acceptors (Lipinski definition) is 5. The van der Waals surface area contributed by atoms with E-state index >= 15 is 0 Å². The van der Waals surface area contributed by atoms with Crippen LogP contribution in [0.4, 0.5) is 0 Å². The molecule has 0 spiro atoms. The summed E-state index contributed by atoms with van der Waals surface area (Å²) in [4.78, 5) is 12.4. The lowest BCUT2D eigenvalue weighted by molar-refractivity contribution is -0.116. The van der Waals surface area contributed by atoms with Gasteiger partial charge >= 0.3 is 0 Å². The maximum Gasteiger partial charge on any atom is 0.244 e. The van der Waals surface area contributed by atoms with Gasteiger partial charge in [-0.15, -0.1) is 0 Å². The molecular formula is C22H28N2O5S. The summed E-state index contributed by atoms with van der Waals surface area (Å²) < 4.78 is 36.8. The molecule has 0 aromatic heterocycles. The third kappa shape index (κ3) is 5.84. The number of ether oxygens (including phenoxy) is 2. The smallest absolute Gasteiger partial charge is 0.244 e. The van der Waals surface area contributed by atoms with Crippen molar-refractivity contribution in [1.82, 2.24) is 9.62 Å². The first-order chi connectivity index (χ1) is 14.2. The van der Waals surface area contributed by atoms with Gasteiger partial charge in [0.2, 0.25) is 15.9 Å². The Labute approximate surface area is 178 Å². The zero-order chi connectivity index (χ0) is 22.3. The fourth-order valence-electron chi connectivity index (χ4n) is 2.61. The van der Waals surface area contributed by atoms with Gasteiger partial charge in [0, 0.05) is 31.3 Å². The van der Waals surface area contributed by atoms with Gasteiger partial charge in [0.1, 0.15) is 11.5 Å². The molecule has 0 saturated carbocycles. The van der Waals surface area contributed by atoms with E-state index in [1.54, 1.807) is 69.8 Å². The van der Waals surface area contributed by atoms with E-state index in [-0.39, 0.29) is 23.4 Å². The number of sulfonamides is 1. The second-order valence-electron chi connectivity index (χ2n) is 6.92. The van der Waals surface area contributed by atoms with Crippen LogP contribution in [-0.2, 0) is 21.4 Å². The lowest BCUT2D eigenvalue weighted by Crippen LogP contribution is -2.33. The van der Waals surface area contributed by atoms with Crippen molar-refractivity contribution in [3.05, 3.63) is 59.7 Å². The van der Waals surface area contributed by atoms with Crippen LogP contribution in [-0.4, -0.2) is 45.9 Å². The summed E-state index contributed by atoms with van der Waals surface area (Å²) in [7, 11) is 1.15. The van der Waals surface area contributed by atoms with Crippen LogP contribution in [0.1, 0.15) is 25.0 Å². The van der Waals surface area contributed by atoms with E-state index in [1.165, 1.54) is 10.4 Å². The molecule has 0 fully saturated rings. The lowest BCUT2D eigenvalue weighted by atomic mass is 10.1. The van der Waals surface area contributed by atoms with Crippen LogP contribution in [0.15, 0.2) is 53.4 Å². The first-order valence-corrected chi connectivity index (χ1v) is 10.9. The third-order valence-electron chi connectivity index (χ3n) is 4.65. The molecule has 2 rings (SSSR count). The SMILES string of the molecule is COc1ccc(OC)c(/C=C/C(=O)NCc2ccc(S(=O)(=O)N(C)C(C)C)cc2)c1. The number of benzene rings is 2. The molecule has 30 heavy (non-hydrogen) atoms. The summed E-state index contributed by atoms with van der Waals surface area (Å²) in [5.41, 5.74) is 1.51. The predicted octanol–water partition coefficient (Wildman–Crippen LogP) is 3.06. The summed E-state index contributed by atoms with van der Waals surface area (Å²) >= 11 is 0. The van der Waals surface area contributed by atoms with E-state index in [0.29, 0.717) is 11.5 Å². The third-order valence-corrected chi connectivity index (χ3v) is 6.69. The predicted molar refractivity (Wildman–Crippen MR) is 117 cm³/mol. The Kier molecular flexibility index (Phi) is 8.02. The molecule has 0 aliphatic rings. The molecule has 7 nitrogen and oxygen atoms in total. The van der Waals surface area contributed by atoms with E-state index in [1.807, 2.05) is 13.8 Å². The molecular weight excluding hydrogens is 404 g/mol. The van der Waals surface area contributed by atoms with Crippen molar-refractivity contribution in [3.8, 4) is 11.5 Å². The number of carbonyl (C=O) groups excluding carboxylic acids is 1. The standard InChI is InChI=1S/C22H28N2O5S/c1-16(2)24(3)30(26,27)20-10-6-17(7-11-20)15-23-22(25)13-8-18-14-19(28-4)9-12-21(18)29-5/h6-14,16H,15H2,1-5H3,(H,23,25)/b13-8+. The Bertz CT molecular complexity index is 999. The normalized spacial score (nSPS) is 11.8. The Balaban J connectivity index is 2.01. The summed E-state index contributed by atoms with van der Waals surface area (Å²) in [6.45, 7) is 3.91. The largest absolute Gasteiger partial charge is 0.497 e. The molecule has 1 amide bonds. The fraction of sp³-hybridized carbons (Fsp3) is 0.318. The second kappa shape index (κ2) is 10.3. The second-order valence-corrected chi connectivity index (χ2v) is 8.92. The molecule has 8 heteroatoms. The Morgan fingerprint density at radius 3 is 2.33 bits per heavy atom. The van der Waals surface area contributed by atoms with Crippen molar-refractivity contribution in [2.45, 2.75) is 31.3 Å². The lowest BCUT2D eigenvalue weighted by Gasteiger charge is -2.21. The Morgan fingerprint density at radius 2 is 1.77 bits per heavy atom. The van der Waals surface area contributed by atoms with Gasteiger partial charge in [0.15, 0.2) is 0 Å². The van der Waals surface area contributed by atoms with Crippen molar-refractivity contribution in [2.75, 3.05) is 21.3 Å². The number of amides is 1. The number of nitrogens with one attached hydrogen (secondary N) is 1. The first-order valence-electron chi connectivity index (χ1n) is 9.44. The minimum atomic E-state index is -3.53. The highest BCUT2D eigenvalue weighted by molar-refractivity contribution is 7.89. The van der Waals surface area contributed by atoms with Gasteiger partial charge in [-0.3, -0.25) is 4.79 Å². The monoisotopic (exact) mass is 432 g/mol. The maximum atomic E-state index is 12.5. The van der Waals surface area contributed by atoms with Crippen molar-refractivity contribution in [3.63, 3.8) is 0 Å². The summed E-state index contributed by atoms with van der Waals surface area (Å²) in [6.07, 6.45) is 3.06. The van der Waals surface area contributed by atoms with E-state index in [2.05, 4.69) is 5.32 Å². The number of nitrogens with zero attached hydrogens (tertiary/aromatic N) is 1. The van der Waals surface area contributed by atoms with Crippen molar-refractivity contribution >= 4 is 22.0 Å². The van der Waals surface area contributed by atoms with E-state index in [9.17, 15) is 13.2 Å². The van der Waals surface area contributed by atoms with Gasteiger partial charge in [0.25, 0.3) is 0 Å². The zero-order valence-corrected chi connectivity index (χ0v) is 18.7. The fourth-order valence-corrected chi connectivity index (χ4v) is 3.97. The Hall–Kier alpha value is -2.84. The highest BCUT2D eigenvalue weighted by Crippen LogP contribution is 2.25. The van der Waals surface area contributed by atoms with Crippen molar-refractivity contribution in [2.24, 2.45) is 0 Å². The van der Waals surface area contributed by atoms with E-state index < -0.39 is 10.0 Å². The summed E-state index contributed by atoms with van der Waals surface area (Å²) in [5.74, 6) is 1.01. The van der Waals surface area contributed by atoms with Crippen LogP contribution in [0.3, 0.4) is 0 Å². The minimum Gasteiger partial charge on any atom is -0.497 e. The molecule has 0 atom stereocenters. The number of methoxy groups -OCH3 is 2. The topological polar surface area (TPSA) is 84.9 Å². The summed E-state index contributed by atoms with van der Waals surface area (Å²) in [5, 5.41) is 2.78. The Morgan fingerprint density at radius 1 is 1.10 bits per heavy atom. The molecule has 0 heterocycles. The molecule has 0 radical (unpaired) electrons. The van der Waals surface area contributed by atoms with Crippen LogP contribution in [0.5, 0.6) is 11.5 Å². The minimum absolute atomic E-state index is 0.135. The van der Waals surface area contributed by atoms with Crippen LogP contribution in [0, 0.1) is 0 Å². The van der Waals surface area contributed by atoms with Gasteiger partial charge < -0.3 is 14.8 Å². The van der Waals surface area contributed by atoms with Crippen molar-refractivity contribution in [1.29, 1.82) is 0 Å². The maximum absolute atomic E-state index is 12.5. The number of carbonyl (C=O) groups is 1. The molecule has 0 unspecified atom stereocenters. The average Bonchev–Trinajstić information content (AvgIpc) is 2.75. The van der Waals surface area contributed by atoms with Gasteiger partial charge in [-0.25, -0.2) is 8.42 Å². The van der Waals surface area contributed by atoms with E-state index in [4.69, 9.17) is 9.47 Å². The van der Waals surface area contributed by atoms with Crippen LogP contribution in [0.2, 0.25) is 0 Å². The highest BCUT2D eigenvalue weighted by Gasteiger charge is 2.22. The van der Waals surface area contributed by atoms with Gasteiger partial charge in [0.05, 0.1) is 19.1 Å². The quantitative estimate of drug-likeness (QED) is 0.616. The molecule has 0 bridgehead atoms. The first kappa shape index (κ1) is 23.4. The highest BCUT2D eigenvalue weighted by atomic mass is 32.2. The molecule has 0 aliphatic carbocycles. The summed E-state index contributed by atoms with van der Waals surface area (Å²) in [6, 6.07) is 11.7. The zero-order valence-electron chi connectivity index (χ0n) is 17.9. The van der Waals surface area contributed by atoms with Crippen LogP contribution < -0.4 is 14.8 Å². The van der Waals surface area contributed by atoms with Crippen LogP contribution >= 0.6 is 0 Å². The van der Waals surface area contributed by atoms with Gasteiger partial charge in [-0.2, -0.15) is 4.31 Å². The molecule has 2 aromatic rings. The van der Waals surface area contributed by atoms with Gasteiger partial charge in [-0.05, 0) is 55.8 Å². The molecule has 2 aromatic carbocycles. The molecule has 0 saturated heterocycles. The molecule has 162 valence electrons. The van der Waals surface area contributed by atoms with Crippen LogP contribution in [0.25, 0.3) is 6.08 Å². The molecule has 1 N–H and O–H groups in total. The number of rotatable bonds is 9.